The van der Waals surface area contributed by atoms with Crippen molar-refractivity contribution in [1.29, 1.82) is 0 Å². The fourth-order valence-corrected chi connectivity index (χ4v) is 15.9. The second kappa shape index (κ2) is 23.3. The molecule has 3 heterocycles. The Labute approximate surface area is 437 Å². The van der Waals surface area contributed by atoms with Gasteiger partial charge < -0.3 is 56.0 Å². The second-order valence-electron chi connectivity index (χ2n) is 21.6. The molecular weight excluding hydrogens is 1070 g/mol. The zero-order chi connectivity index (χ0) is 55.1. The lowest BCUT2D eigenvalue weighted by Crippen LogP contribution is -2.55. The van der Waals surface area contributed by atoms with Crippen LogP contribution in [0.3, 0.4) is 0 Å². The SMILES string of the molecule is C[C@H](CCC(=O)SCCNC(=O)CCNC(=O)[C@H](O)C(C)(C)COP(=O)(O)OP(=O)(O)OC[C@H]1O[C@@H](n2cnc3c(N)ncnc32)[C@H](O)[C@@H]1OP(=O)(O)O)[C@H]1CC[C@H]2[C@@H]3[C@@H](O)CC4=CC(=O)CC[C@]4(C)[C@H]3CC[C@]12C. The number of carbonyl (C=O) groups is 4. The van der Waals surface area contributed by atoms with Crippen molar-refractivity contribution in [2.45, 2.75) is 136 Å². The average molecular weight is 1140 g/mol. The van der Waals surface area contributed by atoms with Crippen LogP contribution >= 0.6 is 35.2 Å². The van der Waals surface area contributed by atoms with Gasteiger partial charge in [0.15, 0.2) is 28.6 Å². The van der Waals surface area contributed by atoms with Crippen LogP contribution in [-0.4, -0.2) is 140 Å². The lowest BCUT2D eigenvalue weighted by molar-refractivity contribution is -0.137. The third-order valence-corrected chi connectivity index (χ3v) is 20.3. The number of nitrogens with one attached hydrogen (secondary N) is 2. The standard InChI is InChI=1S/C45H70N7O19P3S/c1-24(27-7-8-28-34-29(11-14-45(27,28)5)44(4)13-10-26(53)18-25(44)19-30(34)54)6-9-33(56)75-17-16-47-32(55)12-15-48-41(59)38(58)43(2,3)21-68-74(65,66)71-73(63,64)67-20-31-37(70-72(60,61)62)36(57)42(69-31)52-23-51-35-39(46)49-22-50-40(35)52/h18,22-24,27-31,34,36-38,42,54,57-58H,6-17,19-21H2,1-5H3,(H,47,55)(H,48,59)(H,63,64)(H,65,66)(H2,46,49,50)(H2,60,61,62)/t24-,27-,28+,29+,30+,31-,34+,36-,37-,38+,42-,44+,45-/m1/s1. The number of hydrogen-bond acceptors (Lipinski definition) is 20. The topological polar surface area (TPSA) is 401 Å². The van der Waals surface area contributed by atoms with Gasteiger partial charge in [0.1, 0.15) is 36.3 Å². The molecule has 1 aliphatic heterocycles. The Hall–Kier alpha value is -3.07. The molecule has 2 unspecified atom stereocenters. The van der Waals surface area contributed by atoms with Crippen molar-refractivity contribution >= 4 is 74.9 Å². The Morgan fingerprint density at radius 1 is 0.987 bits per heavy atom. The van der Waals surface area contributed by atoms with Crippen LogP contribution in [0.4, 0.5) is 5.82 Å². The summed E-state index contributed by atoms with van der Waals surface area (Å²) in [4.78, 5) is 102. The summed E-state index contributed by atoms with van der Waals surface area (Å²) < 4.78 is 62.7. The first-order valence-electron chi connectivity index (χ1n) is 24.9. The van der Waals surface area contributed by atoms with Crippen LogP contribution in [-0.2, 0) is 55.5 Å². The normalized spacial score (nSPS) is 32.3. The second-order valence-corrected chi connectivity index (χ2v) is 27.0. The predicted octanol–water partition coefficient (Wildman–Crippen LogP) is 3.20. The Bertz CT molecular complexity index is 2640. The third kappa shape index (κ3) is 13.7. The van der Waals surface area contributed by atoms with E-state index in [9.17, 15) is 67.8 Å². The lowest BCUT2D eigenvalue weighted by atomic mass is 9.45. The summed E-state index contributed by atoms with van der Waals surface area (Å²) >= 11 is 1.14. The van der Waals surface area contributed by atoms with Crippen LogP contribution in [0.25, 0.3) is 11.2 Å². The van der Waals surface area contributed by atoms with E-state index in [0.29, 0.717) is 48.7 Å². The van der Waals surface area contributed by atoms with Crippen molar-refractivity contribution in [2.24, 2.45) is 45.8 Å². The van der Waals surface area contributed by atoms with Gasteiger partial charge in [0.2, 0.25) is 11.8 Å². The Morgan fingerprint density at radius 2 is 1.71 bits per heavy atom. The van der Waals surface area contributed by atoms with Gasteiger partial charge in [-0.2, -0.15) is 4.31 Å². The minimum atomic E-state index is -5.60. The number of aliphatic hydroxyl groups excluding tert-OH is 3. The Kier molecular flexibility index (Phi) is 18.5. The van der Waals surface area contributed by atoms with E-state index >= 15 is 0 Å². The molecular formula is C45H70N7O19P3S. The highest BCUT2D eigenvalue weighted by molar-refractivity contribution is 8.13. The molecule has 4 fully saturated rings. The average Bonchev–Trinajstić information content (AvgIpc) is 4.01. The Balaban J connectivity index is 0.780. The fraction of sp³-hybridized carbons (Fsp3) is 0.756. The first-order chi connectivity index (χ1) is 34.9. The van der Waals surface area contributed by atoms with Crippen LogP contribution in [0.5, 0.6) is 0 Å². The summed E-state index contributed by atoms with van der Waals surface area (Å²) in [6.07, 6.45) is 1.74. The molecule has 2 amide bonds. The minimum absolute atomic E-state index is 0.0261. The molecule has 0 spiro atoms. The first kappa shape index (κ1) is 59.6. The number of aliphatic hydroxyl groups is 3. The van der Waals surface area contributed by atoms with Gasteiger partial charge in [0.05, 0.1) is 25.6 Å². The summed E-state index contributed by atoms with van der Waals surface area (Å²) in [6, 6.07) is 0. The summed E-state index contributed by atoms with van der Waals surface area (Å²) in [5.74, 6) is 0.778. The van der Waals surface area contributed by atoms with E-state index in [-0.39, 0.29) is 64.1 Å². The van der Waals surface area contributed by atoms with Gasteiger partial charge in [0.25, 0.3) is 0 Å². The number of rotatable bonds is 23. The quantitative estimate of drug-likeness (QED) is 0.0564. The van der Waals surface area contributed by atoms with E-state index < -0.39 is 90.7 Å². The van der Waals surface area contributed by atoms with Gasteiger partial charge in [-0.1, -0.05) is 52.0 Å². The van der Waals surface area contributed by atoms with Gasteiger partial charge in [-0.15, -0.1) is 0 Å². The number of carbonyl (C=O) groups excluding carboxylic acids is 4. The molecule has 15 atom stereocenters. The van der Waals surface area contributed by atoms with E-state index in [4.69, 9.17) is 19.5 Å². The van der Waals surface area contributed by atoms with Crippen LogP contribution in [0.2, 0.25) is 0 Å². The minimum Gasteiger partial charge on any atom is -0.392 e. The van der Waals surface area contributed by atoms with Gasteiger partial charge in [-0.3, -0.25) is 37.3 Å². The Morgan fingerprint density at radius 3 is 2.43 bits per heavy atom. The van der Waals surface area contributed by atoms with Gasteiger partial charge in [-0.05, 0) is 91.4 Å². The monoisotopic (exact) mass is 1140 g/mol. The number of fused-ring (bicyclic) bond motifs is 6. The highest BCUT2D eigenvalue weighted by atomic mass is 32.2. The molecule has 420 valence electrons. The summed E-state index contributed by atoms with van der Waals surface area (Å²) in [5.41, 5.74) is 5.44. The number of hydrogen-bond donors (Lipinski definition) is 10. The molecule has 26 nitrogen and oxygen atoms in total. The van der Waals surface area contributed by atoms with Gasteiger partial charge >= 0.3 is 23.5 Å². The molecule has 5 aliphatic rings. The largest absolute Gasteiger partial charge is 0.481 e. The van der Waals surface area contributed by atoms with Crippen molar-refractivity contribution in [3.05, 3.63) is 24.3 Å². The van der Waals surface area contributed by atoms with Crippen LogP contribution < -0.4 is 16.4 Å². The number of anilines is 1. The highest BCUT2D eigenvalue weighted by Gasteiger charge is 2.62. The van der Waals surface area contributed by atoms with Crippen molar-refractivity contribution < 1.29 is 90.4 Å². The fourth-order valence-electron chi connectivity index (χ4n) is 12.4. The van der Waals surface area contributed by atoms with Crippen molar-refractivity contribution in [3.8, 4) is 0 Å². The number of nitrogen functional groups attached to an aromatic ring is 1. The molecule has 1 saturated heterocycles. The number of nitrogens with two attached hydrogens (primary N) is 1. The number of nitrogens with zero attached hydrogens (tertiary/aromatic N) is 4. The molecule has 75 heavy (non-hydrogen) atoms. The van der Waals surface area contributed by atoms with Gasteiger partial charge in [0, 0.05) is 43.5 Å². The number of ether oxygens (including phenoxy) is 1. The van der Waals surface area contributed by atoms with E-state index in [2.05, 4.69) is 55.2 Å². The van der Waals surface area contributed by atoms with Crippen LogP contribution in [0, 0.1) is 45.8 Å². The molecule has 30 heteroatoms. The summed E-state index contributed by atoms with van der Waals surface area (Å²) in [6.45, 7) is 7.39. The molecule has 0 aromatic carbocycles. The highest BCUT2D eigenvalue weighted by Crippen LogP contribution is 2.68. The maximum atomic E-state index is 12.9. The molecule has 2 aromatic heterocycles. The van der Waals surface area contributed by atoms with E-state index in [0.717, 1.165) is 73.1 Å². The molecule has 0 radical (unpaired) electrons. The number of ketones is 1. The number of thioether (sulfide) groups is 1. The number of aromatic nitrogens is 4. The van der Waals surface area contributed by atoms with E-state index in [1.807, 2.05) is 6.08 Å². The maximum absolute atomic E-state index is 12.9. The van der Waals surface area contributed by atoms with Gasteiger partial charge in [-0.25, -0.2) is 28.6 Å². The van der Waals surface area contributed by atoms with Crippen molar-refractivity contribution in [3.63, 3.8) is 0 Å². The molecule has 0 bridgehead atoms. The third-order valence-electron chi connectivity index (χ3n) is 16.3. The molecule has 11 N–H and O–H groups in total. The molecule has 4 aliphatic carbocycles. The molecule has 7 rings (SSSR count). The zero-order valence-electron chi connectivity index (χ0n) is 42.3. The number of phosphoric acid groups is 3. The van der Waals surface area contributed by atoms with Crippen LogP contribution in [0.15, 0.2) is 24.3 Å². The van der Waals surface area contributed by atoms with Crippen molar-refractivity contribution in [2.75, 3.05) is 37.8 Å². The number of amides is 2. The molecule has 2 aromatic rings. The van der Waals surface area contributed by atoms with E-state index in [1.165, 1.54) is 13.8 Å². The molecule has 3 saturated carbocycles. The predicted molar refractivity (Wildman–Crippen MR) is 267 cm³/mol. The van der Waals surface area contributed by atoms with Crippen LogP contribution in [0.1, 0.15) is 105 Å². The van der Waals surface area contributed by atoms with Crippen molar-refractivity contribution in [1.82, 2.24) is 30.2 Å². The lowest BCUT2D eigenvalue weighted by Gasteiger charge is -2.59. The smallest absolute Gasteiger partial charge is 0.392 e. The number of phosphoric ester groups is 3. The summed E-state index contributed by atoms with van der Waals surface area (Å²) in [5, 5.41) is 38.3. The maximum Gasteiger partial charge on any atom is 0.481 e. The zero-order valence-corrected chi connectivity index (χ0v) is 45.8. The van der Waals surface area contributed by atoms with E-state index in [1.54, 1.807) is 0 Å². The summed E-state index contributed by atoms with van der Waals surface area (Å²) in [7, 11) is -16.5. The number of imidazole rings is 1. The first-order valence-corrected chi connectivity index (χ1v) is 30.4.